The molecule has 0 aliphatic rings. The lowest BCUT2D eigenvalue weighted by Gasteiger charge is -2.14. The van der Waals surface area contributed by atoms with Gasteiger partial charge < -0.3 is 19.5 Å². The van der Waals surface area contributed by atoms with Gasteiger partial charge in [-0.15, -0.1) is 0 Å². The Kier molecular flexibility index (Phi) is 4.98. The van der Waals surface area contributed by atoms with E-state index in [1.165, 1.54) is 21.3 Å². The van der Waals surface area contributed by atoms with Gasteiger partial charge in [-0.1, -0.05) is 0 Å². The van der Waals surface area contributed by atoms with E-state index in [2.05, 4.69) is 5.32 Å². The number of benzene rings is 1. The van der Waals surface area contributed by atoms with Crippen LogP contribution in [0.5, 0.6) is 17.2 Å². The Balaban J connectivity index is 3.01. The normalized spacial score (nSPS) is 9.50. The van der Waals surface area contributed by atoms with Crippen molar-refractivity contribution in [2.24, 2.45) is 0 Å². The Morgan fingerprint density at radius 2 is 1.67 bits per heavy atom. The third-order valence-corrected chi connectivity index (χ3v) is 2.35. The maximum absolute atomic E-state index is 10.9. The number of nitrogens with one attached hydrogen (secondary N) is 1. The Hall–Kier alpha value is -2.24. The van der Waals surface area contributed by atoms with Crippen molar-refractivity contribution in [1.29, 1.82) is 0 Å². The van der Waals surface area contributed by atoms with E-state index >= 15 is 0 Å². The van der Waals surface area contributed by atoms with Crippen LogP contribution >= 0.6 is 0 Å². The first kappa shape index (κ1) is 13.8. The molecule has 1 aromatic carbocycles. The van der Waals surface area contributed by atoms with Crippen molar-refractivity contribution in [3.05, 3.63) is 17.7 Å². The molecule has 0 saturated carbocycles. The highest BCUT2D eigenvalue weighted by molar-refractivity contribution is 6.23. The number of hydrogen-bond donors (Lipinski definition) is 1. The van der Waals surface area contributed by atoms with Crippen LogP contribution in [-0.4, -0.2) is 33.5 Å². The maximum Gasteiger partial charge on any atom is 0.284 e. The molecule has 0 aromatic heterocycles. The summed E-state index contributed by atoms with van der Waals surface area (Å²) < 4.78 is 15.5. The van der Waals surface area contributed by atoms with Crippen LogP contribution in [0.25, 0.3) is 0 Å². The first-order valence-corrected chi connectivity index (χ1v) is 5.18. The lowest BCUT2D eigenvalue weighted by molar-refractivity contribution is -0.131. The first-order chi connectivity index (χ1) is 8.65. The van der Waals surface area contributed by atoms with Crippen LogP contribution < -0.4 is 19.5 Å². The number of hydrogen-bond acceptors (Lipinski definition) is 5. The van der Waals surface area contributed by atoms with Gasteiger partial charge in [0.05, 0.1) is 21.3 Å². The predicted molar refractivity (Wildman–Crippen MR) is 64.0 cm³/mol. The average Bonchev–Trinajstić information content (AvgIpc) is 2.43. The topological polar surface area (TPSA) is 73.9 Å². The fraction of sp³-hybridized carbons (Fsp3) is 0.333. The van der Waals surface area contributed by atoms with Crippen LogP contribution in [0.4, 0.5) is 0 Å². The Morgan fingerprint density at radius 3 is 2.17 bits per heavy atom. The van der Waals surface area contributed by atoms with Gasteiger partial charge in [0.15, 0.2) is 11.5 Å². The maximum atomic E-state index is 10.9. The van der Waals surface area contributed by atoms with E-state index in [0.717, 1.165) is 0 Å². The van der Waals surface area contributed by atoms with Gasteiger partial charge in [0.25, 0.3) is 5.91 Å². The summed E-state index contributed by atoms with van der Waals surface area (Å²) in [6.07, 6.45) is 0.216. The van der Waals surface area contributed by atoms with Crippen LogP contribution in [0.2, 0.25) is 0 Å². The summed E-state index contributed by atoms with van der Waals surface area (Å²) >= 11 is 0. The summed E-state index contributed by atoms with van der Waals surface area (Å²) in [6, 6.07) is 3.34. The van der Waals surface area contributed by atoms with Crippen molar-refractivity contribution in [2.75, 3.05) is 21.3 Å². The molecular formula is C12H15NO5. The highest BCUT2D eigenvalue weighted by atomic mass is 16.5. The van der Waals surface area contributed by atoms with Crippen LogP contribution in [0.15, 0.2) is 12.1 Å². The van der Waals surface area contributed by atoms with Crippen molar-refractivity contribution in [2.45, 2.75) is 6.54 Å². The first-order valence-electron chi connectivity index (χ1n) is 5.18. The lowest BCUT2D eigenvalue weighted by Crippen LogP contribution is -2.23. The molecule has 18 heavy (non-hydrogen) atoms. The number of aldehydes is 1. The van der Waals surface area contributed by atoms with Crippen molar-refractivity contribution in [1.82, 2.24) is 5.32 Å². The zero-order chi connectivity index (χ0) is 13.5. The molecule has 6 nitrogen and oxygen atoms in total. The standard InChI is InChI=1S/C12H15NO5/c1-16-9-5-11(18-3)10(17-2)4-8(9)6-13-12(15)7-14/h4-5,7H,6H2,1-3H3,(H,13,15). The number of carbonyl (C=O) groups excluding carboxylic acids is 2. The number of ether oxygens (including phenoxy) is 3. The third kappa shape index (κ3) is 3.13. The van der Waals surface area contributed by atoms with Gasteiger partial charge in [0.2, 0.25) is 6.29 Å². The summed E-state index contributed by atoms with van der Waals surface area (Å²) in [5.74, 6) is 0.902. The predicted octanol–water partition coefficient (Wildman–Crippen LogP) is 0.527. The van der Waals surface area contributed by atoms with Crippen molar-refractivity contribution < 1.29 is 23.8 Å². The molecule has 1 N–H and O–H groups in total. The zero-order valence-corrected chi connectivity index (χ0v) is 10.5. The van der Waals surface area contributed by atoms with Gasteiger partial charge in [-0.2, -0.15) is 0 Å². The van der Waals surface area contributed by atoms with Gasteiger partial charge in [0.1, 0.15) is 5.75 Å². The van der Waals surface area contributed by atoms with Crippen LogP contribution in [-0.2, 0) is 16.1 Å². The van der Waals surface area contributed by atoms with Crippen LogP contribution in [0.1, 0.15) is 5.56 Å². The van der Waals surface area contributed by atoms with Gasteiger partial charge in [0, 0.05) is 18.2 Å². The van der Waals surface area contributed by atoms with E-state index in [9.17, 15) is 9.59 Å². The molecule has 1 aromatic rings. The van der Waals surface area contributed by atoms with Crippen molar-refractivity contribution in [3.8, 4) is 17.2 Å². The van der Waals surface area contributed by atoms with Gasteiger partial charge >= 0.3 is 0 Å². The summed E-state index contributed by atoms with van der Waals surface area (Å²) in [7, 11) is 4.54. The lowest BCUT2D eigenvalue weighted by atomic mass is 10.1. The van der Waals surface area contributed by atoms with Crippen LogP contribution in [0, 0.1) is 0 Å². The van der Waals surface area contributed by atoms with Gasteiger partial charge in [-0.05, 0) is 6.07 Å². The molecule has 0 fully saturated rings. The van der Waals surface area contributed by atoms with E-state index in [4.69, 9.17) is 14.2 Å². The number of rotatable bonds is 6. The molecule has 0 bridgehead atoms. The molecule has 0 atom stereocenters. The molecule has 1 rings (SSSR count). The van der Waals surface area contributed by atoms with Crippen molar-refractivity contribution in [3.63, 3.8) is 0 Å². The quantitative estimate of drug-likeness (QED) is 0.591. The summed E-state index contributed by atoms with van der Waals surface area (Å²) in [5.41, 5.74) is 0.686. The minimum absolute atomic E-state index is 0.168. The number of carbonyl (C=O) groups is 2. The van der Waals surface area contributed by atoms with E-state index in [1.807, 2.05) is 0 Å². The highest BCUT2D eigenvalue weighted by Crippen LogP contribution is 2.34. The van der Waals surface area contributed by atoms with Gasteiger partial charge in [-0.3, -0.25) is 9.59 Å². The largest absolute Gasteiger partial charge is 0.496 e. The highest BCUT2D eigenvalue weighted by Gasteiger charge is 2.12. The van der Waals surface area contributed by atoms with Crippen LogP contribution in [0.3, 0.4) is 0 Å². The second kappa shape index (κ2) is 6.48. The third-order valence-electron chi connectivity index (χ3n) is 2.35. The molecule has 0 spiro atoms. The number of amides is 1. The fourth-order valence-electron chi connectivity index (χ4n) is 1.45. The molecule has 6 heteroatoms. The van der Waals surface area contributed by atoms with Gasteiger partial charge in [-0.25, -0.2) is 0 Å². The summed E-state index contributed by atoms with van der Waals surface area (Å²) in [6.45, 7) is 0.168. The SMILES string of the molecule is COc1cc(OC)c(OC)cc1CNC(=O)C=O. The fourth-order valence-corrected chi connectivity index (χ4v) is 1.45. The smallest absolute Gasteiger partial charge is 0.284 e. The van der Waals surface area contributed by atoms with E-state index in [1.54, 1.807) is 12.1 Å². The monoisotopic (exact) mass is 253 g/mol. The van der Waals surface area contributed by atoms with E-state index in [0.29, 0.717) is 22.8 Å². The molecule has 0 saturated heterocycles. The Bertz CT molecular complexity index is 444. The van der Waals surface area contributed by atoms with E-state index in [-0.39, 0.29) is 12.8 Å². The second-order valence-corrected chi connectivity index (χ2v) is 3.35. The zero-order valence-electron chi connectivity index (χ0n) is 10.5. The second-order valence-electron chi connectivity index (χ2n) is 3.35. The molecule has 0 radical (unpaired) electrons. The molecule has 0 heterocycles. The minimum Gasteiger partial charge on any atom is -0.496 e. The average molecular weight is 253 g/mol. The summed E-state index contributed by atoms with van der Waals surface area (Å²) in [5, 5.41) is 2.43. The van der Waals surface area contributed by atoms with E-state index < -0.39 is 5.91 Å². The Labute approximate surface area is 105 Å². The molecule has 0 aliphatic carbocycles. The molecule has 0 aliphatic heterocycles. The Morgan fingerprint density at radius 1 is 1.11 bits per heavy atom. The molecule has 0 unspecified atom stereocenters. The van der Waals surface area contributed by atoms with Crippen molar-refractivity contribution >= 4 is 12.2 Å². The number of methoxy groups -OCH3 is 3. The molecular weight excluding hydrogens is 238 g/mol. The molecule has 98 valence electrons. The summed E-state index contributed by atoms with van der Waals surface area (Å²) in [4.78, 5) is 21.1. The molecule has 1 amide bonds. The minimum atomic E-state index is -0.688.